The second-order valence-corrected chi connectivity index (χ2v) is 5.77. The summed E-state index contributed by atoms with van der Waals surface area (Å²) in [5.41, 5.74) is 5.27. The van der Waals surface area contributed by atoms with Crippen molar-refractivity contribution in [3.05, 3.63) is 29.3 Å². The van der Waals surface area contributed by atoms with Crippen LogP contribution >= 0.6 is 24.0 Å². The normalized spacial score (nSPS) is 20.6. The van der Waals surface area contributed by atoms with Gasteiger partial charge in [0.25, 0.3) is 0 Å². The number of guanidine groups is 1. The topological polar surface area (TPSA) is 88.2 Å². The lowest BCUT2D eigenvalue weighted by molar-refractivity contribution is -0.140. The van der Waals surface area contributed by atoms with E-state index in [4.69, 9.17) is 27.5 Å². The summed E-state index contributed by atoms with van der Waals surface area (Å²) in [5, 5.41) is 10.4. The van der Waals surface area contributed by atoms with Gasteiger partial charge >= 0.3 is 5.97 Å². The maximum absolute atomic E-state index is 12.1. The fourth-order valence-electron chi connectivity index (χ4n) is 2.58. The average molecular weight is 346 g/mol. The van der Waals surface area contributed by atoms with Gasteiger partial charge in [0.2, 0.25) is 0 Å². The number of hydrogen-bond donors (Lipinski definition) is 3. The van der Waals surface area contributed by atoms with Crippen molar-refractivity contribution in [1.29, 1.82) is 5.41 Å². The zero-order valence-corrected chi connectivity index (χ0v) is 13.8. The third-order valence-electron chi connectivity index (χ3n) is 3.81. The van der Waals surface area contributed by atoms with E-state index in [-0.39, 0.29) is 30.3 Å². The van der Waals surface area contributed by atoms with Crippen molar-refractivity contribution in [2.45, 2.75) is 25.7 Å². The highest BCUT2D eigenvalue weighted by atomic mass is 35.5. The van der Waals surface area contributed by atoms with Gasteiger partial charge in [0.05, 0.1) is 10.9 Å². The summed E-state index contributed by atoms with van der Waals surface area (Å²) in [5.74, 6) is 0.592. The summed E-state index contributed by atoms with van der Waals surface area (Å²) in [7, 11) is 0. The van der Waals surface area contributed by atoms with Crippen LogP contribution in [0.15, 0.2) is 24.3 Å². The van der Waals surface area contributed by atoms with Crippen LogP contribution in [0.4, 0.5) is 0 Å². The fourth-order valence-corrected chi connectivity index (χ4v) is 2.75. The molecule has 7 heteroatoms. The van der Waals surface area contributed by atoms with E-state index in [2.05, 4.69) is 5.32 Å². The van der Waals surface area contributed by atoms with Crippen molar-refractivity contribution < 1.29 is 9.53 Å². The number of para-hydroxylation sites is 1. The molecular formula is C15H21Cl2N3O2. The molecule has 0 aliphatic heterocycles. The van der Waals surface area contributed by atoms with E-state index in [1.165, 1.54) is 0 Å². The molecule has 0 unspecified atom stereocenters. The number of rotatable bonds is 4. The van der Waals surface area contributed by atoms with Gasteiger partial charge in [0.15, 0.2) is 5.96 Å². The SMILES string of the molecule is Cl.N=C(N)NC[C@H]1CC[C@H](C(=O)Oc2ccccc2Cl)CC1. The monoisotopic (exact) mass is 345 g/mol. The van der Waals surface area contributed by atoms with Crippen molar-refractivity contribution >= 4 is 35.9 Å². The molecule has 0 spiro atoms. The third kappa shape index (κ3) is 5.39. The van der Waals surface area contributed by atoms with Gasteiger partial charge < -0.3 is 15.8 Å². The number of nitrogens with one attached hydrogen (secondary N) is 2. The minimum atomic E-state index is -0.207. The van der Waals surface area contributed by atoms with E-state index in [1.54, 1.807) is 24.3 Å². The number of carbonyl (C=O) groups is 1. The van der Waals surface area contributed by atoms with E-state index in [9.17, 15) is 4.79 Å². The summed E-state index contributed by atoms with van der Waals surface area (Å²) >= 11 is 5.98. The lowest BCUT2D eigenvalue weighted by Gasteiger charge is -2.27. The van der Waals surface area contributed by atoms with Gasteiger partial charge in [-0.25, -0.2) is 0 Å². The average Bonchev–Trinajstić information content (AvgIpc) is 2.48. The third-order valence-corrected chi connectivity index (χ3v) is 4.12. The fraction of sp³-hybridized carbons (Fsp3) is 0.467. The quantitative estimate of drug-likeness (QED) is 0.338. The number of benzene rings is 1. The van der Waals surface area contributed by atoms with Crippen LogP contribution in [0.3, 0.4) is 0 Å². The summed E-state index contributed by atoms with van der Waals surface area (Å²) < 4.78 is 5.38. The lowest BCUT2D eigenvalue weighted by Crippen LogP contribution is -2.36. The molecular weight excluding hydrogens is 325 g/mol. The first-order valence-electron chi connectivity index (χ1n) is 7.10. The first-order valence-corrected chi connectivity index (χ1v) is 7.48. The molecule has 4 N–H and O–H groups in total. The Morgan fingerprint density at radius 1 is 1.32 bits per heavy atom. The smallest absolute Gasteiger partial charge is 0.314 e. The van der Waals surface area contributed by atoms with Gasteiger partial charge in [-0.15, -0.1) is 12.4 Å². The van der Waals surface area contributed by atoms with Gasteiger partial charge in [-0.2, -0.15) is 0 Å². The van der Waals surface area contributed by atoms with Gasteiger partial charge in [0, 0.05) is 6.54 Å². The number of ether oxygens (including phenoxy) is 1. The highest BCUT2D eigenvalue weighted by molar-refractivity contribution is 6.32. The Morgan fingerprint density at radius 3 is 2.55 bits per heavy atom. The Morgan fingerprint density at radius 2 is 1.95 bits per heavy atom. The molecule has 0 saturated heterocycles. The highest BCUT2D eigenvalue weighted by Gasteiger charge is 2.28. The second kappa shape index (κ2) is 8.86. The van der Waals surface area contributed by atoms with E-state index in [0.29, 0.717) is 23.2 Å². The maximum atomic E-state index is 12.1. The number of hydrogen-bond acceptors (Lipinski definition) is 3. The van der Waals surface area contributed by atoms with Crippen molar-refractivity contribution in [3.8, 4) is 5.75 Å². The maximum Gasteiger partial charge on any atom is 0.314 e. The van der Waals surface area contributed by atoms with Crippen LogP contribution in [0.5, 0.6) is 5.75 Å². The molecule has 1 fully saturated rings. The molecule has 1 aliphatic carbocycles. The molecule has 22 heavy (non-hydrogen) atoms. The number of nitrogens with two attached hydrogens (primary N) is 1. The Balaban J connectivity index is 0.00000242. The second-order valence-electron chi connectivity index (χ2n) is 5.36. The van der Waals surface area contributed by atoms with Gasteiger partial charge in [0.1, 0.15) is 5.75 Å². The van der Waals surface area contributed by atoms with Crippen LogP contribution in [0, 0.1) is 17.2 Å². The van der Waals surface area contributed by atoms with E-state index in [1.807, 2.05) is 0 Å². The van der Waals surface area contributed by atoms with Crippen LogP contribution < -0.4 is 15.8 Å². The van der Waals surface area contributed by atoms with Gasteiger partial charge in [-0.3, -0.25) is 10.2 Å². The van der Waals surface area contributed by atoms with Crippen molar-refractivity contribution in [1.82, 2.24) is 5.32 Å². The number of halogens is 2. The Kier molecular flexibility index (Phi) is 7.48. The summed E-state index contributed by atoms with van der Waals surface area (Å²) in [6, 6.07) is 6.99. The summed E-state index contributed by atoms with van der Waals surface area (Å²) in [6.07, 6.45) is 3.46. The first-order chi connectivity index (χ1) is 10.1. The zero-order chi connectivity index (χ0) is 15.2. The molecule has 1 saturated carbocycles. The highest BCUT2D eigenvalue weighted by Crippen LogP contribution is 2.31. The minimum Gasteiger partial charge on any atom is -0.425 e. The molecule has 0 bridgehead atoms. The molecule has 0 radical (unpaired) electrons. The largest absolute Gasteiger partial charge is 0.425 e. The molecule has 0 amide bonds. The molecule has 1 aromatic carbocycles. The summed E-state index contributed by atoms with van der Waals surface area (Å²) in [6.45, 7) is 0.696. The van der Waals surface area contributed by atoms with Crippen LogP contribution in [-0.4, -0.2) is 18.5 Å². The molecule has 0 aromatic heterocycles. The van der Waals surface area contributed by atoms with Crippen molar-refractivity contribution in [2.75, 3.05) is 6.54 Å². The predicted octanol–water partition coefficient (Wildman–Crippen LogP) is 2.96. The minimum absolute atomic E-state index is 0. The number of carbonyl (C=O) groups excluding carboxylic acids is 1. The van der Waals surface area contributed by atoms with Crippen LogP contribution in [0.2, 0.25) is 5.02 Å². The van der Waals surface area contributed by atoms with E-state index < -0.39 is 0 Å². The molecule has 2 rings (SSSR count). The Bertz CT molecular complexity index is 517. The zero-order valence-electron chi connectivity index (χ0n) is 12.2. The van der Waals surface area contributed by atoms with Crippen molar-refractivity contribution in [3.63, 3.8) is 0 Å². The Hall–Kier alpha value is -1.46. The van der Waals surface area contributed by atoms with Crippen LogP contribution in [0.25, 0.3) is 0 Å². The molecule has 1 aromatic rings. The number of esters is 1. The molecule has 1 aliphatic rings. The molecule has 122 valence electrons. The summed E-state index contributed by atoms with van der Waals surface area (Å²) in [4.78, 5) is 12.1. The van der Waals surface area contributed by atoms with Gasteiger partial charge in [-0.05, 0) is 43.7 Å². The van der Waals surface area contributed by atoms with Crippen LogP contribution in [0.1, 0.15) is 25.7 Å². The Labute approximate surface area is 141 Å². The molecule has 0 atom stereocenters. The predicted molar refractivity (Wildman–Crippen MR) is 89.7 cm³/mol. The lowest BCUT2D eigenvalue weighted by atomic mass is 9.82. The van der Waals surface area contributed by atoms with E-state index in [0.717, 1.165) is 25.7 Å². The molecule has 5 nitrogen and oxygen atoms in total. The standard InChI is InChI=1S/C15H20ClN3O2.ClH/c16-12-3-1-2-4-13(12)21-14(20)11-7-5-10(6-8-11)9-19-15(17)18;/h1-4,10-11H,5-9H2,(H4,17,18,19);1H/t10-,11-;. The molecule has 0 heterocycles. The van der Waals surface area contributed by atoms with Crippen molar-refractivity contribution in [2.24, 2.45) is 17.6 Å². The van der Waals surface area contributed by atoms with E-state index >= 15 is 0 Å². The van der Waals surface area contributed by atoms with Crippen LogP contribution in [-0.2, 0) is 4.79 Å². The first kappa shape index (κ1) is 18.6. The van der Waals surface area contributed by atoms with Gasteiger partial charge in [-0.1, -0.05) is 23.7 Å².